The second-order valence-electron chi connectivity index (χ2n) is 8.99. The Bertz CT molecular complexity index is 1090. The van der Waals surface area contributed by atoms with Crippen molar-refractivity contribution in [3.05, 3.63) is 51.6 Å². The molecule has 1 unspecified atom stereocenters. The van der Waals surface area contributed by atoms with Crippen LogP contribution in [0, 0.1) is 6.92 Å². The number of tetrazole rings is 1. The molecule has 2 N–H and O–H groups in total. The smallest absolute Gasteiger partial charge is 0.252 e. The number of H-pyrrole nitrogens is 1. The molecule has 8 heteroatoms. The van der Waals surface area contributed by atoms with Crippen molar-refractivity contribution in [2.24, 2.45) is 0 Å². The van der Waals surface area contributed by atoms with Crippen LogP contribution in [0.3, 0.4) is 0 Å². The van der Waals surface area contributed by atoms with E-state index in [1.54, 1.807) is 0 Å². The average Bonchev–Trinajstić information content (AvgIpc) is 3.47. The number of aromatic amines is 1. The SMILES string of the molecule is CCCC(c1nnnn1C1CCCC1)N(CCCO)Cc1cc2cc(C)ccc2[nH]c1=O. The Kier molecular flexibility index (Phi) is 7.32. The molecule has 1 aromatic carbocycles. The summed E-state index contributed by atoms with van der Waals surface area (Å²) in [4.78, 5) is 18.2. The monoisotopic (exact) mass is 438 g/mol. The van der Waals surface area contributed by atoms with E-state index in [1.165, 1.54) is 12.8 Å². The van der Waals surface area contributed by atoms with Crippen molar-refractivity contribution in [3.63, 3.8) is 0 Å². The fraction of sp³-hybridized carbons (Fsp3) is 0.583. The Labute approximate surface area is 188 Å². The third kappa shape index (κ3) is 4.91. The zero-order chi connectivity index (χ0) is 22.5. The number of aryl methyl sites for hydroxylation is 1. The van der Waals surface area contributed by atoms with E-state index in [0.717, 1.165) is 53.5 Å². The Morgan fingerprint density at radius 3 is 2.84 bits per heavy atom. The van der Waals surface area contributed by atoms with Gasteiger partial charge in [0.05, 0.1) is 12.1 Å². The number of benzene rings is 1. The molecule has 1 saturated carbocycles. The van der Waals surface area contributed by atoms with Gasteiger partial charge in [-0.15, -0.1) is 5.10 Å². The summed E-state index contributed by atoms with van der Waals surface area (Å²) in [6, 6.07) is 8.40. The summed E-state index contributed by atoms with van der Waals surface area (Å²) < 4.78 is 2.02. The first kappa shape index (κ1) is 22.6. The van der Waals surface area contributed by atoms with Crippen molar-refractivity contribution >= 4 is 10.9 Å². The number of fused-ring (bicyclic) bond motifs is 1. The summed E-state index contributed by atoms with van der Waals surface area (Å²) in [5.74, 6) is 0.879. The third-order valence-electron chi connectivity index (χ3n) is 6.54. The highest BCUT2D eigenvalue weighted by Crippen LogP contribution is 2.33. The lowest BCUT2D eigenvalue weighted by Gasteiger charge is -2.31. The van der Waals surface area contributed by atoms with Crippen LogP contribution in [-0.2, 0) is 6.54 Å². The van der Waals surface area contributed by atoms with Crippen LogP contribution in [0.5, 0.6) is 0 Å². The molecule has 172 valence electrons. The molecule has 0 bridgehead atoms. The Balaban J connectivity index is 1.69. The van der Waals surface area contributed by atoms with Gasteiger partial charge in [0.25, 0.3) is 5.56 Å². The van der Waals surface area contributed by atoms with Crippen molar-refractivity contribution < 1.29 is 5.11 Å². The molecule has 1 fully saturated rings. The molecule has 32 heavy (non-hydrogen) atoms. The number of hydrogen-bond donors (Lipinski definition) is 2. The highest BCUT2D eigenvalue weighted by Gasteiger charge is 2.29. The highest BCUT2D eigenvalue weighted by atomic mass is 16.3. The lowest BCUT2D eigenvalue weighted by Crippen LogP contribution is -2.34. The van der Waals surface area contributed by atoms with Crippen molar-refractivity contribution in [3.8, 4) is 0 Å². The van der Waals surface area contributed by atoms with E-state index >= 15 is 0 Å². The third-order valence-corrected chi connectivity index (χ3v) is 6.54. The maximum Gasteiger partial charge on any atom is 0.252 e. The van der Waals surface area contributed by atoms with Gasteiger partial charge in [-0.3, -0.25) is 9.69 Å². The predicted octanol–water partition coefficient (Wildman–Crippen LogP) is 3.66. The normalized spacial score (nSPS) is 15.8. The highest BCUT2D eigenvalue weighted by molar-refractivity contribution is 5.79. The molecule has 0 radical (unpaired) electrons. The molecule has 4 rings (SSSR count). The quantitative estimate of drug-likeness (QED) is 0.501. The van der Waals surface area contributed by atoms with Gasteiger partial charge in [-0.25, -0.2) is 4.68 Å². The molecule has 0 amide bonds. The lowest BCUT2D eigenvalue weighted by atomic mass is 10.1. The molecule has 1 atom stereocenters. The largest absolute Gasteiger partial charge is 0.396 e. The van der Waals surface area contributed by atoms with E-state index in [1.807, 2.05) is 22.9 Å². The standard InChI is InChI=1S/C24H34N6O2/c1-3-7-22(23-26-27-28-30(23)20-8-4-5-9-20)29(12-6-13-31)16-19-15-18-14-17(2)10-11-21(18)25-24(19)32/h10-11,14-15,20,22,31H,3-9,12-13,16H2,1-2H3,(H,25,32). The maximum atomic E-state index is 12.9. The zero-order valence-electron chi connectivity index (χ0n) is 19.1. The minimum atomic E-state index is -0.0685. The first-order valence-corrected chi connectivity index (χ1v) is 11.9. The van der Waals surface area contributed by atoms with Crippen LogP contribution in [0.1, 0.15) is 80.9 Å². The van der Waals surface area contributed by atoms with E-state index in [-0.39, 0.29) is 18.2 Å². The summed E-state index contributed by atoms with van der Waals surface area (Å²) in [5, 5.41) is 23.4. The Morgan fingerprint density at radius 2 is 2.09 bits per heavy atom. The first-order chi connectivity index (χ1) is 15.6. The summed E-state index contributed by atoms with van der Waals surface area (Å²) in [6.07, 6.45) is 7.14. The number of rotatable bonds is 10. The Morgan fingerprint density at radius 1 is 1.28 bits per heavy atom. The van der Waals surface area contributed by atoms with Crippen LogP contribution in [-0.4, -0.2) is 48.3 Å². The predicted molar refractivity (Wildman–Crippen MR) is 124 cm³/mol. The minimum Gasteiger partial charge on any atom is -0.396 e. The van der Waals surface area contributed by atoms with Crippen molar-refractivity contribution in [1.82, 2.24) is 30.1 Å². The molecule has 1 aliphatic carbocycles. The molecule has 2 heterocycles. The zero-order valence-corrected chi connectivity index (χ0v) is 19.1. The molecule has 8 nitrogen and oxygen atoms in total. The Hall–Kier alpha value is -2.58. The van der Waals surface area contributed by atoms with E-state index in [2.05, 4.69) is 45.3 Å². The van der Waals surface area contributed by atoms with Crippen LogP contribution >= 0.6 is 0 Å². The number of nitrogens with one attached hydrogen (secondary N) is 1. The number of hydrogen-bond acceptors (Lipinski definition) is 6. The fourth-order valence-electron chi connectivity index (χ4n) is 4.90. The van der Waals surface area contributed by atoms with Crippen molar-refractivity contribution in [2.75, 3.05) is 13.2 Å². The maximum absolute atomic E-state index is 12.9. The summed E-state index contributed by atoms with van der Waals surface area (Å²) >= 11 is 0. The molecular weight excluding hydrogens is 404 g/mol. The molecule has 0 spiro atoms. The number of aliphatic hydroxyl groups excluding tert-OH is 1. The van der Waals surface area contributed by atoms with Gasteiger partial charge in [0, 0.05) is 30.8 Å². The second kappa shape index (κ2) is 10.4. The van der Waals surface area contributed by atoms with Gasteiger partial charge in [-0.05, 0) is 66.6 Å². The summed E-state index contributed by atoms with van der Waals surface area (Å²) in [5.41, 5.74) is 2.66. The average molecular weight is 439 g/mol. The van der Waals surface area contributed by atoms with Gasteiger partial charge in [0.2, 0.25) is 0 Å². The molecule has 2 aromatic heterocycles. The van der Waals surface area contributed by atoms with Crippen LogP contribution in [0.25, 0.3) is 10.9 Å². The summed E-state index contributed by atoms with van der Waals surface area (Å²) in [7, 11) is 0. The number of aromatic nitrogens is 5. The van der Waals surface area contributed by atoms with Gasteiger partial charge in [0.15, 0.2) is 5.82 Å². The number of pyridine rings is 1. The molecule has 3 aromatic rings. The number of nitrogens with zero attached hydrogens (tertiary/aromatic N) is 5. The van der Waals surface area contributed by atoms with E-state index < -0.39 is 0 Å². The minimum absolute atomic E-state index is 0.00486. The molecule has 0 saturated heterocycles. The van der Waals surface area contributed by atoms with Crippen molar-refractivity contribution in [1.29, 1.82) is 0 Å². The first-order valence-electron chi connectivity index (χ1n) is 11.9. The molecule has 1 aliphatic rings. The van der Waals surface area contributed by atoms with Crippen molar-refractivity contribution in [2.45, 2.75) is 77.4 Å². The second-order valence-corrected chi connectivity index (χ2v) is 8.99. The lowest BCUT2D eigenvalue weighted by molar-refractivity contribution is 0.145. The van der Waals surface area contributed by atoms with Gasteiger partial charge in [0.1, 0.15) is 0 Å². The van der Waals surface area contributed by atoms with Crippen LogP contribution in [0.2, 0.25) is 0 Å². The van der Waals surface area contributed by atoms with Gasteiger partial charge >= 0.3 is 0 Å². The topological polar surface area (TPSA) is 99.9 Å². The van der Waals surface area contributed by atoms with E-state index in [4.69, 9.17) is 0 Å². The number of aliphatic hydroxyl groups is 1. The molecule has 0 aliphatic heterocycles. The molecular formula is C24H34N6O2. The van der Waals surface area contributed by atoms with Crippen LogP contribution in [0.4, 0.5) is 0 Å². The van der Waals surface area contributed by atoms with Crippen LogP contribution < -0.4 is 5.56 Å². The summed E-state index contributed by atoms with van der Waals surface area (Å²) in [6.45, 7) is 5.48. The van der Waals surface area contributed by atoms with Gasteiger partial charge < -0.3 is 10.1 Å². The fourth-order valence-corrected chi connectivity index (χ4v) is 4.90. The van der Waals surface area contributed by atoms with Gasteiger partial charge in [-0.2, -0.15) is 0 Å². The van der Waals surface area contributed by atoms with E-state index in [0.29, 0.717) is 25.6 Å². The van der Waals surface area contributed by atoms with Crippen LogP contribution in [0.15, 0.2) is 29.1 Å². The van der Waals surface area contributed by atoms with Gasteiger partial charge in [-0.1, -0.05) is 37.8 Å². The van der Waals surface area contributed by atoms with E-state index in [9.17, 15) is 9.90 Å².